The lowest BCUT2D eigenvalue weighted by molar-refractivity contribution is 0.102. The van der Waals surface area contributed by atoms with Crippen LogP contribution in [0.3, 0.4) is 0 Å². The van der Waals surface area contributed by atoms with Crippen LogP contribution in [0.25, 0.3) is 0 Å². The molecule has 0 unspecified atom stereocenters. The molecule has 24 heavy (non-hydrogen) atoms. The summed E-state index contributed by atoms with van der Waals surface area (Å²) in [5, 5.41) is 2.96. The molecule has 1 N–H and O–H groups in total. The van der Waals surface area contributed by atoms with Crippen molar-refractivity contribution in [3.05, 3.63) is 89.2 Å². The molecular formula is C19H15ClN2O2. The third-order valence-corrected chi connectivity index (χ3v) is 3.67. The average Bonchev–Trinajstić information content (AvgIpc) is 2.62. The van der Waals surface area contributed by atoms with Crippen LogP contribution >= 0.6 is 11.6 Å². The number of halogens is 1. The van der Waals surface area contributed by atoms with E-state index in [1.54, 1.807) is 24.3 Å². The summed E-state index contributed by atoms with van der Waals surface area (Å²) in [4.78, 5) is 16.1. The predicted octanol–water partition coefficient (Wildman–Crippen LogP) is 4.57. The molecule has 1 aromatic heterocycles. The van der Waals surface area contributed by atoms with Gasteiger partial charge in [-0.1, -0.05) is 41.9 Å². The van der Waals surface area contributed by atoms with Gasteiger partial charge in [-0.2, -0.15) is 0 Å². The lowest BCUT2D eigenvalue weighted by Gasteiger charge is -2.09. The molecule has 0 saturated heterocycles. The van der Waals surface area contributed by atoms with E-state index in [-0.39, 0.29) is 11.1 Å². The molecule has 0 spiro atoms. The van der Waals surface area contributed by atoms with Crippen molar-refractivity contribution < 1.29 is 9.53 Å². The van der Waals surface area contributed by atoms with E-state index in [4.69, 9.17) is 16.3 Å². The number of anilines is 1. The van der Waals surface area contributed by atoms with Crippen LogP contribution in [-0.2, 0) is 6.61 Å². The molecular weight excluding hydrogens is 324 g/mol. The molecule has 0 fully saturated rings. The maximum Gasteiger partial charge on any atom is 0.258 e. The molecule has 2 aromatic carbocycles. The van der Waals surface area contributed by atoms with Crippen molar-refractivity contribution >= 4 is 23.2 Å². The van der Waals surface area contributed by atoms with E-state index in [9.17, 15) is 4.79 Å². The zero-order valence-electron chi connectivity index (χ0n) is 12.8. The SMILES string of the molecule is O=C(Nc1ccc(OCc2ccccc2)cc1)c1cccnc1Cl. The molecule has 0 bridgehead atoms. The van der Waals surface area contributed by atoms with Crippen LogP contribution in [0.5, 0.6) is 5.75 Å². The van der Waals surface area contributed by atoms with Gasteiger partial charge in [-0.25, -0.2) is 4.98 Å². The fraction of sp³-hybridized carbons (Fsp3) is 0.0526. The number of carbonyl (C=O) groups is 1. The van der Waals surface area contributed by atoms with Gasteiger partial charge in [-0.3, -0.25) is 4.79 Å². The number of hydrogen-bond donors (Lipinski definition) is 1. The highest BCUT2D eigenvalue weighted by molar-refractivity contribution is 6.33. The van der Waals surface area contributed by atoms with Gasteiger partial charge in [0.25, 0.3) is 5.91 Å². The number of hydrogen-bond acceptors (Lipinski definition) is 3. The Kier molecular flexibility index (Phi) is 5.08. The Bertz CT molecular complexity index is 820. The molecule has 0 radical (unpaired) electrons. The van der Waals surface area contributed by atoms with Gasteiger partial charge >= 0.3 is 0 Å². The zero-order chi connectivity index (χ0) is 16.8. The summed E-state index contributed by atoms with van der Waals surface area (Å²) in [6.07, 6.45) is 1.54. The van der Waals surface area contributed by atoms with Crippen LogP contribution in [0.15, 0.2) is 72.9 Å². The molecule has 3 rings (SSSR count). The summed E-state index contributed by atoms with van der Waals surface area (Å²) in [5.74, 6) is 0.433. The van der Waals surface area contributed by atoms with Crippen molar-refractivity contribution in [3.63, 3.8) is 0 Å². The number of carbonyl (C=O) groups excluding carboxylic acids is 1. The highest BCUT2D eigenvalue weighted by Crippen LogP contribution is 2.19. The number of pyridine rings is 1. The fourth-order valence-corrected chi connectivity index (χ4v) is 2.33. The lowest BCUT2D eigenvalue weighted by Crippen LogP contribution is -2.12. The summed E-state index contributed by atoms with van der Waals surface area (Å²) in [7, 11) is 0. The Labute approximate surface area is 145 Å². The highest BCUT2D eigenvalue weighted by Gasteiger charge is 2.10. The third kappa shape index (κ3) is 4.12. The van der Waals surface area contributed by atoms with E-state index >= 15 is 0 Å². The van der Waals surface area contributed by atoms with Crippen LogP contribution in [0.2, 0.25) is 5.15 Å². The Balaban J connectivity index is 1.60. The number of nitrogens with one attached hydrogen (secondary N) is 1. The maximum absolute atomic E-state index is 12.2. The first-order chi connectivity index (χ1) is 11.7. The summed E-state index contributed by atoms with van der Waals surface area (Å²) < 4.78 is 5.71. The number of nitrogens with zero attached hydrogens (tertiary/aromatic N) is 1. The van der Waals surface area contributed by atoms with Crippen molar-refractivity contribution in [2.45, 2.75) is 6.61 Å². The topological polar surface area (TPSA) is 51.2 Å². The Hall–Kier alpha value is -2.85. The molecule has 0 saturated carbocycles. The first-order valence-electron chi connectivity index (χ1n) is 7.41. The van der Waals surface area contributed by atoms with Gasteiger partial charge in [0.15, 0.2) is 0 Å². The molecule has 0 aliphatic carbocycles. The standard InChI is InChI=1S/C19H15ClN2O2/c20-18-17(7-4-12-21-18)19(23)22-15-8-10-16(11-9-15)24-13-14-5-2-1-3-6-14/h1-12H,13H2,(H,22,23). The second-order valence-electron chi connectivity index (χ2n) is 5.09. The molecule has 1 amide bonds. The van der Waals surface area contributed by atoms with E-state index in [0.29, 0.717) is 17.9 Å². The lowest BCUT2D eigenvalue weighted by atomic mass is 10.2. The van der Waals surface area contributed by atoms with Crippen LogP contribution in [0.4, 0.5) is 5.69 Å². The number of ether oxygens (including phenoxy) is 1. The second-order valence-corrected chi connectivity index (χ2v) is 5.45. The van der Waals surface area contributed by atoms with Gasteiger partial charge in [0, 0.05) is 11.9 Å². The first kappa shape index (κ1) is 16.0. The van der Waals surface area contributed by atoms with Gasteiger partial charge in [0.1, 0.15) is 17.5 Å². The Morgan fingerprint density at radius 1 is 1.00 bits per heavy atom. The van der Waals surface area contributed by atoms with Crippen molar-refractivity contribution in [1.82, 2.24) is 4.98 Å². The monoisotopic (exact) mass is 338 g/mol. The van der Waals surface area contributed by atoms with Crippen LogP contribution in [0.1, 0.15) is 15.9 Å². The van der Waals surface area contributed by atoms with E-state index in [2.05, 4.69) is 10.3 Å². The Morgan fingerprint density at radius 2 is 1.75 bits per heavy atom. The largest absolute Gasteiger partial charge is 0.489 e. The smallest absolute Gasteiger partial charge is 0.258 e. The quantitative estimate of drug-likeness (QED) is 0.693. The summed E-state index contributed by atoms with van der Waals surface area (Å²) >= 11 is 5.92. The van der Waals surface area contributed by atoms with E-state index in [0.717, 1.165) is 11.3 Å². The van der Waals surface area contributed by atoms with E-state index in [1.807, 2.05) is 42.5 Å². The summed E-state index contributed by atoms with van der Waals surface area (Å²) in [5.41, 5.74) is 2.09. The van der Waals surface area contributed by atoms with Gasteiger partial charge in [-0.15, -0.1) is 0 Å². The minimum atomic E-state index is -0.300. The van der Waals surface area contributed by atoms with Crippen molar-refractivity contribution in [3.8, 4) is 5.75 Å². The number of aromatic nitrogens is 1. The van der Waals surface area contributed by atoms with Crippen molar-refractivity contribution in [2.75, 3.05) is 5.32 Å². The summed E-state index contributed by atoms with van der Waals surface area (Å²) in [6, 6.07) is 20.4. The average molecular weight is 339 g/mol. The van der Waals surface area contributed by atoms with Crippen molar-refractivity contribution in [2.24, 2.45) is 0 Å². The molecule has 5 heteroatoms. The number of amides is 1. The first-order valence-corrected chi connectivity index (χ1v) is 7.79. The van der Waals surface area contributed by atoms with Gasteiger partial charge < -0.3 is 10.1 Å². The number of rotatable bonds is 5. The van der Waals surface area contributed by atoms with Crippen molar-refractivity contribution in [1.29, 1.82) is 0 Å². The molecule has 0 atom stereocenters. The Morgan fingerprint density at radius 3 is 2.46 bits per heavy atom. The molecule has 4 nitrogen and oxygen atoms in total. The van der Waals surface area contributed by atoms with Gasteiger partial charge in [-0.05, 0) is 42.0 Å². The van der Waals surface area contributed by atoms with Gasteiger partial charge in [0.05, 0.1) is 5.56 Å². The number of benzene rings is 2. The minimum absolute atomic E-state index is 0.179. The molecule has 0 aliphatic rings. The summed E-state index contributed by atoms with van der Waals surface area (Å²) in [6.45, 7) is 0.498. The van der Waals surface area contributed by atoms with Crippen LogP contribution in [-0.4, -0.2) is 10.9 Å². The minimum Gasteiger partial charge on any atom is -0.489 e. The molecule has 0 aliphatic heterocycles. The fourth-order valence-electron chi connectivity index (χ4n) is 2.13. The van der Waals surface area contributed by atoms with E-state index < -0.39 is 0 Å². The highest BCUT2D eigenvalue weighted by atomic mass is 35.5. The van der Waals surface area contributed by atoms with E-state index in [1.165, 1.54) is 6.20 Å². The third-order valence-electron chi connectivity index (χ3n) is 3.36. The van der Waals surface area contributed by atoms with Crippen LogP contribution < -0.4 is 10.1 Å². The second kappa shape index (κ2) is 7.62. The molecule has 120 valence electrons. The normalized spacial score (nSPS) is 10.2. The zero-order valence-corrected chi connectivity index (χ0v) is 13.5. The van der Waals surface area contributed by atoms with Crippen LogP contribution in [0, 0.1) is 0 Å². The van der Waals surface area contributed by atoms with Gasteiger partial charge in [0.2, 0.25) is 0 Å². The molecule has 3 aromatic rings. The maximum atomic E-state index is 12.2. The molecule has 1 heterocycles. The predicted molar refractivity (Wildman–Crippen MR) is 94.4 cm³/mol.